The molecular formula is C15H26N4. The van der Waals surface area contributed by atoms with Gasteiger partial charge in [0.15, 0.2) is 0 Å². The smallest absolute Gasteiger partial charge is 0.148 e. The summed E-state index contributed by atoms with van der Waals surface area (Å²) < 4.78 is 2.01. The van der Waals surface area contributed by atoms with Gasteiger partial charge in [-0.2, -0.15) is 5.10 Å². The van der Waals surface area contributed by atoms with E-state index < -0.39 is 0 Å². The maximum Gasteiger partial charge on any atom is 0.148 e. The van der Waals surface area contributed by atoms with Gasteiger partial charge in [0, 0.05) is 25.6 Å². The highest BCUT2D eigenvalue weighted by Gasteiger charge is 2.35. The number of hydrogen-bond acceptors (Lipinski definition) is 3. The van der Waals surface area contributed by atoms with Crippen LogP contribution in [0.4, 0.5) is 11.5 Å². The number of fused-ring (bicyclic) bond motifs is 1. The lowest BCUT2D eigenvalue weighted by atomic mass is 9.74. The van der Waals surface area contributed by atoms with Crippen LogP contribution in [0.2, 0.25) is 0 Å². The predicted molar refractivity (Wildman–Crippen MR) is 79.7 cm³/mol. The summed E-state index contributed by atoms with van der Waals surface area (Å²) in [5.74, 6) is 1.19. The number of rotatable bonds is 2. The third-order valence-corrected chi connectivity index (χ3v) is 4.79. The van der Waals surface area contributed by atoms with Crippen LogP contribution < -0.4 is 10.6 Å². The van der Waals surface area contributed by atoms with Crippen molar-refractivity contribution in [3.63, 3.8) is 0 Å². The van der Waals surface area contributed by atoms with Crippen LogP contribution in [0.5, 0.6) is 0 Å². The largest absolute Gasteiger partial charge is 0.380 e. The van der Waals surface area contributed by atoms with Gasteiger partial charge in [0.1, 0.15) is 11.5 Å². The van der Waals surface area contributed by atoms with Gasteiger partial charge >= 0.3 is 0 Å². The van der Waals surface area contributed by atoms with Crippen LogP contribution in [0.1, 0.15) is 51.1 Å². The van der Waals surface area contributed by atoms with Gasteiger partial charge < -0.3 is 10.6 Å². The standard InChI is InChI=1S/C15H26N4/c1-3-7-12-13-14(19(2)18-12)17-11-15(10-16-13)8-5-4-6-9-15/h16-17H,3-11H2,1-2H3. The third-order valence-electron chi connectivity index (χ3n) is 4.79. The molecule has 1 aromatic rings. The fourth-order valence-electron chi connectivity index (χ4n) is 3.64. The first-order valence-corrected chi connectivity index (χ1v) is 7.78. The number of anilines is 2. The minimum absolute atomic E-state index is 0.459. The van der Waals surface area contributed by atoms with Crippen molar-refractivity contribution in [2.45, 2.75) is 51.9 Å². The molecule has 0 atom stereocenters. The van der Waals surface area contributed by atoms with E-state index in [9.17, 15) is 0 Å². The summed E-state index contributed by atoms with van der Waals surface area (Å²) in [7, 11) is 2.05. The molecule has 2 aliphatic rings. The zero-order valence-electron chi connectivity index (χ0n) is 12.3. The number of nitrogens with zero attached hydrogens (tertiary/aromatic N) is 2. The van der Waals surface area contributed by atoms with E-state index in [0.29, 0.717) is 5.41 Å². The lowest BCUT2D eigenvalue weighted by molar-refractivity contribution is 0.223. The molecule has 4 nitrogen and oxygen atoms in total. The van der Waals surface area contributed by atoms with E-state index in [4.69, 9.17) is 0 Å². The minimum Gasteiger partial charge on any atom is -0.380 e. The molecular weight excluding hydrogens is 236 g/mol. The molecule has 3 rings (SSSR count). The van der Waals surface area contributed by atoms with Crippen molar-refractivity contribution in [1.29, 1.82) is 0 Å². The number of hydrogen-bond donors (Lipinski definition) is 2. The molecule has 0 radical (unpaired) electrons. The van der Waals surface area contributed by atoms with Crippen molar-refractivity contribution in [3.8, 4) is 0 Å². The normalized spacial score (nSPS) is 21.4. The van der Waals surface area contributed by atoms with Gasteiger partial charge in [-0.1, -0.05) is 32.6 Å². The molecule has 2 N–H and O–H groups in total. The van der Waals surface area contributed by atoms with Crippen molar-refractivity contribution in [2.24, 2.45) is 12.5 Å². The SMILES string of the molecule is CCCc1nn(C)c2c1NCC1(CCCCC1)CN2. The molecule has 1 aliphatic carbocycles. The van der Waals surface area contributed by atoms with Gasteiger partial charge in [-0.05, 0) is 19.3 Å². The third kappa shape index (κ3) is 2.33. The molecule has 1 saturated carbocycles. The summed E-state index contributed by atoms with van der Waals surface area (Å²) in [6.07, 6.45) is 9.12. The Bertz CT molecular complexity index is 443. The molecule has 0 saturated heterocycles. The Hall–Kier alpha value is -1.19. The van der Waals surface area contributed by atoms with Crippen molar-refractivity contribution < 1.29 is 0 Å². The molecule has 4 heteroatoms. The average Bonchev–Trinajstić information content (AvgIpc) is 2.60. The van der Waals surface area contributed by atoms with Crippen LogP contribution in [-0.2, 0) is 13.5 Å². The van der Waals surface area contributed by atoms with E-state index in [1.54, 1.807) is 0 Å². The second kappa shape index (κ2) is 5.06. The van der Waals surface area contributed by atoms with E-state index >= 15 is 0 Å². The number of aryl methyl sites for hydroxylation is 2. The Morgan fingerprint density at radius 1 is 1.16 bits per heavy atom. The Morgan fingerprint density at radius 2 is 1.89 bits per heavy atom. The summed E-state index contributed by atoms with van der Waals surface area (Å²) >= 11 is 0. The van der Waals surface area contributed by atoms with Crippen molar-refractivity contribution >= 4 is 11.5 Å². The Balaban J connectivity index is 1.83. The van der Waals surface area contributed by atoms with E-state index in [-0.39, 0.29) is 0 Å². The number of nitrogens with one attached hydrogen (secondary N) is 2. The van der Waals surface area contributed by atoms with E-state index in [2.05, 4.69) is 22.7 Å². The van der Waals surface area contributed by atoms with Crippen LogP contribution in [0.25, 0.3) is 0 Å². The van der Waals surface area contributed by atoms with Crippen LogP contribution in [0.15, 0.2) is 0 Å². The highest BCUT2D eigenvalue weighted by atomic mass is 15.3. The van der Waals surface area contributed by atoms with Crippen LogP contribution in [-0.4, -0.2) is 22.9 Å². The fourth-order valence-corrected chi connectivity index (χ4v) is 3.64. The van der Waals surface area contributed by atoms with Crippen LogP contribution in [0.3, 0.4) is 0 Å². The minimum atomic E-state index is 0.459. The molecule has 1 aromatic heterocycles. The number of aromatic nitrogens is 2. The summed E-state index contributed by atoms with van der Waals surface area (Å²) in [4.78, 5) is 0. The first-order valence-electron chi connectivity index (χ1n) is 7.78. The van der Waals surface area contributed by atoms with Gasteiger partial charge in [0.05, 0.1) is 5.69 Å². The van der Waals surface area contributed by atoms with Gasteiger partial charge in [-0.15, -0.1) is 0 Å². The van der Waals surface area contributed by atoms with Crippen LogP contribution in [0, 0.1) is 5.41 Å². The second-order valence-electron chi connectivity index (χ2n) is 6.31. The van der Waals surface area contributed by atoms with E-state index in [0.717, 1.165) is 25.9 Å². The molecule has 0 aromatic carbocycles. The highest BCUT2D eigenvalue weighted by Crippen LogP contribution is 2.40. The summed E-state index contributed by atoms with van der Waals surface area (Å²) in [5.41, 5.74) is 2.94. The fraction of sp³-hybridized carbons (Fsp3) is 0.800. The summed E-state index contributed by atoms with van der Waals surface area (Å²) in [6.45, 7) is 4.42. The Morgan fingerprint density at radius 3 is 2.63 bits per heavy atom. The van der Waals surface area contributed by atoms with Gasteiger partial charge in [0.2, 0.25) is 0 Å². The van der Waals surface area contributed by atoms with Crippen molar-refractivity contribution in [3.05, 3.63) is 5.69 Å². The van der Waals surface area contributed by atoms with Crippen molar-refractivity contribution in [1.82, 2.24) is 9.78 Å². The zero-order valence-corrected chi connectivity index (χ0v) is 12.3. The topological polar surface area (TPSA) is 41.9 Å². The lowest BCUT2D eigenvalue weighted by Crippen LogP contribution is -2.37. The maximum absolute atomic E-state index is 4.65. The monoisotopic (exact) mass is 262 g/mol. The Labute approximate surface area is 116 Å². The van der Waals surface area contributed by atoms with Crippen molar-refractivity contribution in [2.75, 3.05) is 23.7 Å². The highest BCUT2D eigenvalue weighted by molar-refractivity contribution is 5.69. The molecule has 1 spiro atoms. The van der Waals surface area contributed by atoms with Gasteiger partial charge in [-0.3, -0.25) is 4.68 Å². The predicted octanol–water partition coefficient (Wildman–Crippen LogP) is 3.16. The molecule has 0 unspecified atom stereocenters. The van der Waals surface area contributed by atoms with Gasteiger partial charge in [-0.25, -0.2) is 0 Å². The molecule has 0 bridgehead atoms. The first kappa shape index (κ1) is 12.8. The zero-order chi connectivity index (χ0) is 13.3. The van der Waals surface area contributed by atoms with Crippen LogP contribution >= 0.6 is 0 Å². The molecule has 1 aliphatic heterocycles. The molecule has 106 valence electrons. The first-order chi connectivity index (χ1) is 9.24. The van der Waals surface area contributed by atoms with E-state index in [1.807, 2.05) is 11.7 Å². The summed E-state index contributed by atoms with van der Waals surface area (Å²) in [5, 5.41) is 12.0. The quantitative estimate of drug-likeness (QED) is 0.860. The van der Waals surface area contributed by atoms with E-state index in [1.165, 1.54) is 49.3 Å². The molecule has 0 amide bonds. The summed E-state index contributed by atoms with van der Waals surface area (Å²) in [6, 6.07) is 0. The second-order valence-corrected chi connectivity index (χ2v) is 6.31. The lowest BCUT2D eigenvalue weighted by Gasteiger charge is -2.36. The molecule has 1 fully saturated rings. The molecule has 2 heterocycles. The maximum atomic E-state index is 4.65. The average molecular weight is 262 g/mol. The Kier molecular flexibility index (Phi) is 3.42. The van der Waals surface area contributed by atoms with Gasteiger partial charge in [0.25, 0.3) is 0 Å². The molecule has 19 heavy (non-hydrogen) atoms.